The maximum Gasteiger partial charge on any atom is 0.200 e. The summed E-state index contributed by atoms with van der Waals surface area (Å²) in [5.41, 5.74) is 1.12. The van der Waals surface area contributed by atoms with Gasteiger partial charge in [-0.15, -0.1) is 0 Å². The first-order valence-electron chi connectivity index (χ1n) is 4.60. The summed E-state index contributed by atoms with van der Waals surface area (Å²) < 4.78 is 0. The average Bonchev–Trinajstić information content (AvgIpc) is 2.32. The number of hydrogen-bond donors (Lipinski definition) is 2. The van der Waals surface area contributed by atoms with Crippen molar-refractivity contribution >= 4 is 5.95 Å². The van der Waals surface area contributed by atoms with Crippen molar-refractivity contribution in [2.24, 2.45) is 5.92 Å². The van der Waals surface area contributed by atoms with E-state index >= 15 is 0 Å². The van der Waals surface area contributed by atoms with Crippen molar-refractivity contribution in [3.63, 3.8) is 0 Å². The Morgan fingerprint density at radius 1 is 1.67 bits per heavy atom. The molecule has 1 heterocycles. The molecule has 1 aliphatic carbocycles. The van der Waals surface area contributed by atoms with Crippen molar-refractivity contribution < 1.29 is 0 Å². The summed E-state index contributed by atoms with van der Waals surface area (Å²) in [6, 6.07) is 0. The normalized spacial score (nSPS) is 17.4. The molecule has 0 atom stereocenters. The van der Waals surface area contributed by atoms with E-state index in [2.05, 4.69) is 15.3 Å². The summed E-state index contributed by atoms with van der Waals surface area (Å²) in [5.74, 6) is 1.80. The molecule has 1 aromatic heterocycles. The Bertz CT molecular complexity index is 250. The number of aromatic nitrogens is 2. The minimum atomic E-state index is 0.885. The highest BCUT2D eigenvalue weighted by Crippen LogP contribution is 2.25. The fourth-order valence-electron chi connectivity index (χ4n) is 1.44. The molecule has 2 rings (SSSR count). The van der Waals surface area contributed by atoms with Crippen LogP contribution in [-0.2, 0) is 0 Å². The van der Waals surface area contributed by atoms with Gasteiger partial charge in [-0.2, -0.15) is 0 Å². The lowest BCUT2D eigenvalue weighted by atomic mass is 9.85. The number of imidazole rings is 1. The van der Waals surface area contributed by atoms with Crippen molar-refractivity contribution in [2.75, 3.05) is 11.9 Å². The second-order valence-electron chi connectivity index (χ2n) is 3.59. The summed E-state index contributed by atoms with van der Waals surface area (Å²) in [4.78, 5) is 7.34. The van der Waals surface area contributed by atoms with Gasteiger partial charge in [0.15, 0.2) is 5.95 Å². The first-order valence-corrected chi connectivity index (χ1v) is 4.60. The standard InChI is InChI=1S/C9H15N3/c1-7-5-10-9(12-7)11-6-8-3-2-4-8/h5,8H,2-4,6H2,1H3,(H2,10,11,12). The van der Waals surface area contributed by atoms with Crippen LogP contribution in [0.5, 0.6) is 0 Å². The van der Waals surface area contributed by atoms with E-state index in [1.807, 2.05) is 13.1 Å². The Morgan fingerprint density at radius 3 is 3.00 bits per heavy atom. The maximum absolute atomic E-state index is 4.18. The number of nitrogens with one attached hydrogen (secondary N) is 2. The highest BCUT2D eigenvalue weighted by molar-refractivity contribution is 5.25. The largest absolute Gasteiger partial charge is 0.356 e. The zero-order valence-electron chi connectivity index (χ0n) is 7.43. The number of aromatic amines is 1. The molecule has 1 aromatic rings. The smallest absolute Gasteiger partial charge is 0.200 e. The molecule has 0 aliphatic heterocycles. The van der Waals surface area contributed by atoms with E-state index in [-0.39, 0.29) is 0 Å². The fourth-order valence-corrected chi connectivity index (χ4v) is 1.44. The van der Waals surface area contributed by atoms with Gasteiger partial charge >= 0.3 is 0 Å². The van der Waals surface area contributed by atoms with E-state index < -0.39 is 0 Å². The number of rotatable bonds is 3. The van der Waals surface area contributed by atoms with Gasteiger partial charge in [-0.3, -0.25) is 0 Å². The van der Waals surface area contributed by atoms with Gasteiger partial charge in [-0.1, -0.05) is 6.42 Å². The zero-order chi connectivity index (χ0) is 8.39. The molecule has 2 N–H and O–H groups in total. The molecule has 0 aromatic carbocycles. The summed E-state index contributed by atoms with van der Waals surface area (Å²) in [6.07, 6.45) is 6.02. The molecule has 0 amide bonds. The lowest BCUT2D eigenvalue weighted by molar-refractivity contribution is 0.333. The lowest BCUT2D eigenvalue weighted by Gasteiger charge is -2.25. The molecule has 3 heteroatoms. The number of H-pyrrole nitrogens is 1. The Labute approximate surface area is 72.6 Å². The van der Waals surface area contributed by atoms with Gasteiger partial charge in [0.05, 0.1) is 0 Å². The summed E-state index contributed by atoms with van der Waals surface area (Å²) in [7, 11) is 0. The second-order valence-corrected chi connectivity index (χ2v) is 3.59. The van der Waals surface area contributed by atoms with Crippen LogP contribution < -0.4 is 5.32 Å². The summed E-state index contributed by atoms with van der Waals surface area (Å²) in [6.45, 7) is 3.09. The van der Waals surface area contributed by atoms with Gasteiger partial charge in [-0.05, 0) is 25.7 Å². The van der Waals surface area contributed by atoms with Crippen molar-refractivity contribution in [3.8, 4) is 0 Å². The van der Waals surface area contributed by atoms with Crippen LogP contribution in [0.4, 0.5) is 5.95 Å². The zero-order valence-corrected chi connectivity index (χ0v) is 7.43. The second kappa shape index (κ2) is 3.17. The average molecular weight is 165 g/mol. The van der Waals surface area contributed by atoms with E-state index in [4.69, 9.17) is 0 Å². The van der Waals surface area contributed by atoms with E-state index in [1.165, 1.54) is 19.3 Å². The van der Waals surface area contributed by atoms with Gasteiger partial charge in [0.1, 0.15) is 0 Å². The number of aryl methyl sites for hydroxylation is 1. The molecule has 1 saturated carbocycles. The molecule has 1 fully saturated rings. The molecule has 66 valence electrons. The molecular weight excluding hydrogens is 150 g/mol. The fraction of sp³-hybridized carbons (Fsp3) is 0.667. The van der Waals surface area contributed by atoms with Crippen LogP contribution in [0.2, 0.25) is 0 Å². The Kier molecular flexibility index (Phi) is 2.02. The monoisotopic (exact) mass is 165 g/mol. The third-order valence-corrected chi connectivity index (χ3v) is 2.49. The molecule has 3 nitrogen and oxygen atoms in total. The summed E-state index contributed by atoms with van der Waals surface area (Å²) in [5, 5.41) is 3.30. The molecular formula is C9H15N3. The van der Waals surface area contributed by atoms with Gasteiger partial charge in [-0.25, -0.2) is 4.98 Å². The van der Waals surface area contributed by atoms with E-state index in [9.17, 15) is 0 Å². The topological polar surface area (TPSA) is 40.7 Å². The molecule has 12 heavy (non-hydrogen) atoms. The van der Waals surface area contributed by atoms with Gasteiger partial charge in [0.25, 0.3) is 0 Å². The Morgan fingerprint density at radius 2 is 2.50 bits per heavy atom. The van der Waals surface area contributed by atoms with Crippen LogP contribution in [0.15, 0.2) is 6.20 Å². The predicted molar refractivity (Wildman–Crippen MR) is 49.2 cm³/mol. The third kappa shape index (κ3) is 1.60. The quantitative estimate of drug-likeness (QED) is 0.718. The number of anilines is 1. The predicted octanol–water partition coefficient (Wildman–Crippen LogP) is 1.93. The highest BCUT2D eigenvalue weighted by atomic mass is 15.1. The highest BCUT2D eigenvalue weighted by Gasteiger charge is 2.16. The molecule has 0 spiro atoms. The van der Waals surface area contributed by atoms with Crippen molar-refractivity contribution in [1.29, 1.82) is 0 Å². The summed E-state index contributed by atoms with van der Waals surface area (Å²) >= 11 is 0. The third-order valence-electron chi connectivity index (χ3n) is 2.49. The van der Waals surface area contributed by atoms with Crippen LogP contribution in [-0.4, -0.2) is 16.5 Å². The SMILES string of the molecule is Cc1cnc(NCC2CCC2)[nH]1. The van der Waals surface area contributed by atoms with Crippen molar-refractivity contribution in [2.45, 2.75) is 26.2 Å². The molecule has 1 aliphatic rings. The van der Waals surface area contributed by atoms with Crippen LogP contribution in [0.1, 0.15) is 25.0 Å². The van der Waals surface area contributed by atoms with Crippen molar-refractivity contribution in [1.82, 2.24) is 9.97 Å². The molecule has 0 radical (unpaired) electrons. The van der Waals surface area contributed by atoms with E-state index in [0.717, 1.165) is 24.1 Å². The van der Waals surface area contributed by atoms with Crippen LogP contribution >= 0.6 is 0 Å². The number of nitrogens with zero attached hydrogens (tertiary/aromatic N) is 1. The van der Waals surface area contributed by atoms with Crippen LogP contribution in [0, 0.1) is 12.8 Å². The van der Waals surface area contributed by atoms with Gasteiger partial charge < -0.3 is 10.3 Å². The first-order chi connectivity index (χ1) is 5.84. The molecule has 0 bridgehead atoms. The first kappa shape index (κ1) is 7.65. The van der Waals surface area contributed by atoms with E-state index in [1.54, 1.807) is 0 Å². The Balaban J connectivity index is 1.79. The minimum absolute atomic E-state index is 0.885. The number of hydrogen-bond acceptors (Lipinski definition) is 2. The van der Waals surface area contributed by atoms with Crippen molar-refractivity contribution in [3.05, 3.63) is 11.9 Å². The lowest BCUT2D eigenvalue weighted by Crippen LogP contribution is -2.21. The van der Waals surface area contributed by atoms with Crippen LogP contribution in [0.25, 0.3) is 0 Å². The molecule has 0 unspecified atom stereocenters. The minimum Gasteiger partial charge on any atom is -0.356 e. The van der Waals surface area contributed by atoms with E-state index in [0.29, 0.717) is 0 Å². The Hall–Kier alpha value is -0.990. The van der Waals surface area contributed by atoms with Crippen LogP contribution in [0.3, 0.4) is 0 Å². The van der Waals surface area contributed by atoms with Gasteiger partial charge in [0.2, 0.25) is 0 Å². The maximum atomic E-state index is 4.18. The molecule has 0 saturated heterocycles. The van der Waals surface area contributed by atoms with Gasteiger partial charge in [0, 0.05) is 18.4 Å².